The summed E-state index contributed by atoms with van der Waals surface area (Å²) in [5.41, 5.74) is 6.59. The van der Waals surface area contributed by atoms with Crippen LogP contribution in [0.5, 0.6) is 5.75 Å². The summed E-state index contributed by atoms with van der Waals surface area (Å²) in [6.45, 7) is 3.10. The molecule has 1 rings (SSSR count). The molecule has 3 nitrogen and oxygen atoms in total. The third kappa shape index (κ3) is 4.77. The van der Waals surface area contributed by atoms with E-state index in [-0.39, 0.29) is 0 Å². The zero-order chi connectivity index (χ0) is 11.8. The first-order chi connectivity index (χ1) is 7.76. The molecule has 0 aliphatic carbocycles. The third-order valence-corrected chi connectivity index (χ3v) is 3.65. The molecule has 1 aromatic carbocycles. The number of rotatable bonds is 7. The summed E-state index contributed by atoms with van der Waals surface area (Å²) in [4.78, 5) is 0. The van der Waals surface area contributed by atoms with Crippen LogP contribution in [0, 0.1) is 0 Å². The molecule has 90 valence electrons. The van der Waals surface area contributed by atoms with Crippen molar-refractivity contribution in [1.29, 1.82) is 0 Å². The fraction of sp³-hybridized carbons (Fsp3) is 0.500. The van der Waals surface area contributed by atoms with Crippen molar-refractivity contribution in [2.45, 2.75) is 19.9 Å². The fourth-order valence-electron chi connectivity index (χ4n) is 1.28. The van der Waals surface area contributed by atoms with Gasteiger partial charge in [-0.1, -0.05) is 19.1 Å². The Balaban J connectivity index is 2.24. The van der Waals surface area contributed by atoms with Gasteiger partial charge in [0.1, 0.15) is 5.75 Å². The van der Waals surface area contributed by atoms with Gasteiger partial charge in [-0.15, -0.1) is 0 Å². The van der Waals surface area contributed by atoms with Crippen LogP contribution >= 0.6 is 0 Å². The molecule has 1 atom stereocenters. The van der Waals surface area contributed by atoms with E-state index in [0.29, 0.717) is 13.2 Å². The Bertz CT molecular complexity index is 324. The topological polar surface area (TPSA) is 52.3 Å². The van der Waals surface area contributed by atoms with Gasteiger partial charge in [-0.25, -0.2) is 0 Å². The molecule has 0 heterocycles. The first-order valence-corrected chi connectivity index (χ1v) is 7.02. The maximum absolute atomic E-state index is 11.1. The number of nitrogens with two attached hydrogens (primary N) is 1. The van der Waals surface area contributed by atoms with Crippen molar-refractivity contribution in [3.05, 3.63) is 29.8 Å². The number of hydrogen-bond donors (Lipinski definition) is 1. The average Bonchev–Trinajstić information content (AvgIpc) is 2.35. The highest BCUT2D eigenvalue weighted by Crippen LogP contribution is 2.11. The van der Waals surface area contributed by atoms with E-state index in [1.807, 2.05) is 31.2 Å². The molecule has 1 unspecified atom stereocenters. The van der Waals surface area contributed by atoms with Crippen molar-refractivity contribution >= 4 is 10.8 Å². The summed E-state index contributed by atoms with van der Waals surface area (Å²) >= 11 is 0. The van der Waals surface area contributed by atoms with E-state index in [1.165, 1.54) is 0 Å². The van der Waals surface area contributed by atoms with Gasteiger partial charge in [0.25, 0.3) is 0 Å². The quantitative estimate of drug-likeness (QED) is 0.739. The molecule has 0 saturated carbocycles. The Morgan fingerprint density at radius 2 is 2.00 bits per heavy atom. The SMILES string of the molecule is CCS(=O)CCCOc1ccc(CN)cc1. The van der Waals surface area contributed by atoms with Crippen LogP contribution in [0.3, 0.4) is 0 Å². The van der Waals surface area contributed by atoms with Gasteiger partial charge in [0.15, 0.2) is 0 Å². The van der Waals surface area contributed by atoms with E-state index in [9.17, 15) is 4.21 Å². The molecule has 0 aromatic heterocycles. The van der Waals surface area contributed by atoms with Crippen LogP contribution in [0.1, 0.15) is 18.9 Å². The van der Waals surface area contributed by atoms with Crippen molar-refractivity contribution in [3.63, 3.8) is 0 Å². The molecular weight excluding hydrogens is 222 g/mol. The van der Waals surface area contributed by atoms with Gasteiger partial charge in [-0.05, 0) is 24.1 Å². The van der Waals surface area contributed by atoms with Crippen molar-refractivity contribution in [2.24, 2.45) is 5.73 Å². The van der Waals surface area contributed by atoms with Crippen LogP contribution in [0.25, 0.3) is 0 Å². The summed E-state index contributed by atoms with van der Waals surface area (Å²) < 4.78 is 16.7. The van der Waals surface area contributed by atoms with Crippen molar-refractivity contribution in [1.82, 2.24) is 0 Å². The fourth-order valence-corrected chi connectivity index (χ4v) is 2.00. The molecule has 0 aliphatic heterocycles. The number of hydrogen-bond acceptors (Lipinski definition) is 3. The van der Waals surface area contributed by atoms with Gasteiger partial charge >= 0.3 is 0 Å². The second-order valence-corrected chi connectivity index (χ2v) is 5.35. The first kappa shape index (κ1) is 13.2. The molecule has 0 bridgehead atoms. The molecule has 0 fully saturated rings. The number of benzene rings is 1. The highest BCUT2D eigenvalue weighted by atomic mass is 32.2. The maximum Gasteiger partial charge on any atom is 0.119 e. The molecule has 1 aromatic rings. The second kappa shape index (κ2) is 7.41. The highest BCUT2D eigenvalue weighted by Gasteiger charge is 1.97. The Morgan fingerprint density at radius 3 is 2.56 bits per heavy atom. The van der Waals surface area contributed by atoms with Crippen LogP contribution in [0.15, 0.2) is 24.3 Å². The molecule has 0 spiro atoms. The van der Waals surface area contributed by atoms with Crippen LogP contribution < -0.4 is 10.5 Å². The predicted octanol–water partition coefficient (Wildman–Crippen LogP) is 1.68. The lowest BCUT2D eigenvalue weighted by atomic mass is 10.2. The molecule has 0 radical (unpaired) electrons. The summed E-state index contributed by atoms with van der Waals surface area (Å²) in [5, 5.41) is 0. The zero-order valence-corrected chi connectivity index (χ0v) is 10.5. The normalized spacial score (nSPS) is 12.4. The molecular formula is C12H19NO2S. The van der Waals surface area contributed by atoms with Crippen LogP contribution in [-0.4, -0.2) is 22.3 Å². The zero-order valence-electron chi connectivity index (χ0n) is 9.65. The van der Waals surface area contributed by atoms with E-state index in [2.05, 4.69) is 0 Å². The highest BCUT2D eigenvalue weighted by molar-refractivity contribution is 7.84. The van der Waals surface area contributed by atoms with E-state index < -0.39 is 10.8 Å². The minimum absolute atomic E-state index is 0.551. The van der Waals surface area contributed by atoms with Crippen molar-refractivity contribution in [3.8, 4) is 5.75 Å². The van der Waals surface area contributed by atoms with Gasteiger partial charge < -0.3 is 10.5 Å². The average molecular weight is 241 g/mol. The minimum Gasteiger partial charge on any atom is -0.494 e. The molecule has 0 amide bonds. The van der Waals surface area contributed by atoms with Gasteiger partial charge in [0, 0.05) is 28.9 Å². The van der Waals surface area contributed by atoms with E-state index >= 15 is 0 Å². The summed E-state index contributed by atoms with van der Waals surface area (Å²) in [5.74, 6) is 2.29. The second-order valence-electron chi connectivity index (χ2n) is 3.48. The van der Waals surface area contributed by atoms with Crippen LogP contribution in [-0.2, 0) is 17.3 Å². The maximum atomic E-state index is 11.1. The van der Waals surface area contributed by atoms with E-state index in [0.717, 1.165) is 29.2 Å². The van der Waals surface area contributed by atoms with Gasteiger partial charge in [-0.2, -0.15) is 0 Å². The molecule has 0 saturated heterocycles. The Morgan fingerprint density at radius 1 is 1.31 bits per heavy atom. The van der Waals surface area contributed by atoms with E-state index in [4.69, 9.17) is 10.5 Å². The standard InChI is InChI=1S/C12H19NO2S/c1-2-16(14)9-3-8-15-12-6-4-11(10-13)5-7-12/h4-7H,2-3,8-10,13H2,1H3. The molecule has 16 heavy (non-hydrogen) atoms. The number of ether oxygens (including phenoxy) is 1. The van der Waals surface area contributed by atoms with Crippen molar-refractivity contribution in [2.75, 3.05) is 18.1 Å². The van der Waals surface area contributed by atoms with Crippen LogP contribution in [0.2, 0.25) is 0 Å². The van der Waals surface area contributed by atoms with Gasteiger partial charge in [0.2, 0.25) is 0 Å². The van der Waals surface area contributed by atoms with Crippen molar-refractivity contribution < 1.29 is 8.95 Å². The lowest BCUT2D eigenvalue weighted by molar-refractivity contribution is 0.318. The van der Waals surface area contributed by atoms with E-state index in [1.54, 1.807) is 0 Å². The monoisotopic (exact) mass is 241 g/mol. The molecule has 0 aliphatic rings. The Labute approximate surface area is 99.4 Å². The third-order valence-electron chi connectivity index (χ3n) is 2.27. The smallest absolute Gasteiger partial charge is 0.119 e. The summed E-state index contributed by atoms with van der Waals surface area (Å²) in [7, 11) is -0.686. The summed E-state index contributed by atoms with van der Waals surface area (Å²) in [6, 6.07) is 7.75. The first-order valence-electron chi connectivity index (χ1n) is 5.53. The lowest BCUT2D eigenvalue weighted by Crippen LogP contribution is -2.05. The van der Waals surface area contributed by atoms with Gasteiger partial charge in [0.05, 0.1) is 6.61 Å². The van der Waals surface area contributed by atoms with Gasteiger partial charge in [-0.3, -0.25) is 4.21 Å². The van der Waals surface area contributed by atoms with Crippen LogP contribution in [0.4, 0.5) is 0 Å². The lowest BCUT2D eigenvalue weighted by Gasteiger charge is -2.06. The Kier molecular flexibility index (Phi) is 6.11. The Hall–Kier alpha value is -0.870. The summed E-state index contributed by atoms with van der Waals surface area (Å²) in [6.07, 6.45) is 0.832. The molecule has 2 N–H and O–H groups in total. The predicted molar refractivity (Wildman–Crippen MR) is 68.0 cm³/mol. The largest absolute Gasteiger partial charge is 0.494 e. The molecule has 4 heteroatoms. The minimum atomic E-state index is -0.686.